The molecule has 0 unspecified atom stereocenters. The zero-order valence-corrected chi connectivity index (χ0v) is 16.0. The number of thiazole rings is 1. The maximum atomic E-state index is 12.1. The normalized spacial score (nSPS) is 14.0. The van der Waals surface area contributed by atoms with Crippen molar-refractivity contribution in [2.24, 2.45) is 0 Å². The second-order valence-electron chi connectivity index (χ2n) is 6.25. The van der Waals surface area contributed by atoms with Crippen LogP contribution in [0.1, 0.15) is 28.8 Å². The fourth-order valence-electron chi connectivity index (χ4n) is 3.03. The van der Waals surface area contributed by atoms with Gasteiger partial charge in [-0.15, -0.1) is 11.3 Å². The van der Waals surface area contributed by atoms with E-state index in [4.69, 9.17) is 16.3 Å². The molecule has 25 heavy (non-hydrogen) atoms. The highest BCUT2D eigenvalue weighted by Gasteiger charge is 2.19. The molecule has 0 spiro atoms. The second kappa shape index (κ2) is 8.06. The minimum absolute atomic E-state index is 0.0700. The lowest BCUT2D eigenvalue weighted by atomic mass is 10.1. The average molecular weight is 380 g/mol. The minimum Gasteiger partial charge on any atom is -0.483 e. The van der Waals surface area contributed by atoms with Gasteiger partial charge in [0.05, 0.1) is 6.54 Å². The van der Waals surface area contributed by atoms with Crippen LogP contribution >= 0.6 is 22.9 Å². The standard InChI is InChI=1S/C18H22ClN3O2S/c1-12-7-14(20-9-15-10-21-18(19)25-15)8-13(2)17(12)24-11-16(23)22-5-3-4-6-22/h7-8,10,20H,3-6,9,11H2,1-2H3. The van der Waals surface area contributed by atoms with E-state index >= 15 is 0 Å². The Hall–Kier alpha value is -1.79. The molecular weight excluding hydrogens is 358 g/mol. The van der Waals surface area contributed by atoms with Gasteiger partial charge in [-0.2, -0.15) is 0 Å². The molecule has 1 amide bonds. The van der Waals surface area contributed by atoms with Crippen molar-refractivity contribution in [3.63, 3.8) is 0 Å². The van der Waals surface area contributed by atoms with Gasteiger partial charge in [0.2, 0.25) is 0 Å². The van der Waals surface area contributed by atoms with E-state index in [9.17, 15) is 4.79 Å². The third kappa shape index (κ3) is 4.64. The highest BCUT2D eigenvalue weighted by Crippen LogP contribution is 2.28. The first-order valence-corrected chi connectivity index (χ1v) is 9.58. The topological polar surface area (TPSA) is 54.5 Å². The Morgan fingerprint density at radius 2 is 2.00 bits per heavy atom. The zero-order valence-electron chi connectivity index (χ0n) is 14.5. The van der Waals surface area contributed by atoms with Crippen LogP contribution in [0.15, 0.2) is 18.3 Å². The van der Waals surface area contributed by atoms with Gasteiger partial charge >= 0.3 is 0 Å². The van der Waals surface area contributed by atoms with Crippen molar-refractivity contribution in [2.45, 2.75) is 33.2 Å². The molecule has 3 rings (SSSR count). The first-order valence-electron chi connectivity index (χ1n) is 8.39. The summed E-state index contributed by atoms with van der Waals surface area (Å²) in [5.74, 6) is 0.861. The highest BCUT2D eigenvalue weighted by atomic mass is 35.5. The summed E-state index contributed by atoms with van der Waals surface area (Å²) in [6.07, 6.45) is 3.96. The number of carbonyl (C=O) groups excluding carboxylic acids is 1. The maximum Gasteiger partial charge on any atom is 0.260 e. The molecule has 0 atom stereocenters. The monoisotopic (exact) mass is 379 g/mol. The third-order valence-corrected chi connectivity index (χ3v) is 5.37. The van der Waals surface area contributed by atoms with Gasteiger partial charge in [0, 0.05) is 29.9 Å². The van der Waals surface area contributed by atoms with E-state index in [0.29, 0.717) is 11.0 Å². The van der Waals surface area contributed by atoms with E-state index in [0.717, 1.165) is 53.4 Å². The maximum absolute atomic E-state index is 12.1. The number of aryl methyl sites for hydroxylation is 2. The zero-order chi connectivity index (χ0) is 17.8. The number of likely N-dealkylation sites (tertiary alicyclic amines) is 1. The van der Waals surface area contributed by atoms with E-state index in [1.807, 2.05) is 30.9 Å². The van der Waals surface area contributed by atoms with E-state index < -0.39 is 0 Å². The lowest BCUT2D eigenvalue weighted by Crippen LogP contribution is -2.32. The largest absolute Gasteiger partial charge is 0.483 e. The van der Waals surface area contributed by atoms with Crippen molar-refractivity contribution in [2.75, 3.05) is 25.0 Å². The Kier molecular flexibility index (Phi) is 5.81. The summed E-state index contributed by atoms with van der Waals surface area (Å²) in [5, 5.41) is 3.37. The molecule has 0 radical (unpaired) electrons. The van der Waals surface area contributed by atoms with Crippen molar-refractivity contribution in [1.82, 2.24) is 9.88 Å². The molecule has 1 fully saturated rings. The molecule has 0 aliphatic carbocycles. The Morgan fingerprint density at radius 1 is 1.32 bits per heavy atom. The van der Waals surface area contributed by atoms with Crippen molar-refractivity contribution in [3.8, 4) is 5.75 Å². The van der Waals surface area contributed by atoms with Crippen LogP contribution in [0.4, 0.5) is 5.69 Å². The number of rotatable bonds is 6. The number of hydrogen-bond donors (Lipinski definition) is 1. The molecule has 7 heteroatoms. The van der Waals surface area contributed by atoms with Gasteiger partial charge < -0.3 is 15.0 Å². The van der Waals surface area contributed by atoms with Crippen LogP contribution in [0.2, 0.25) is 4.47 Å². The molecular formula is C18H22ClN3O2S. The summed E-state index contributed by atoms with van der Waals surface area (Å²) in [7, 11) is 0. The van der Waals surface area contributed by atoms with Crippen molar-refractivity contribution >= 4 is 34.5 Å². The Labute approximate surface area is 157 Å². The molecule has 1 aromatic heterocycles. The number of hydrogen-bond acceptors (Lipinski definition) is 5. The predicted molar refractivity (Wildman–Crippen MR) is 102 cm³/mol. The Bertz CT molecular complexity index is 734. The summed E-state index contributed by atoms with van der Waals surface area (Å²) in [6, 6.07) is 4.07. The molecule has 0 saturated carbocycles. The Morgan fingerprint density at radius 3 is 2.60 bits per heavy atom. The summed E-state index contributed by atoms with van der Waals surface area (Å²) in [5.41, 5.74) is 3.04. The van der Waals surface area contributed by atoms with Gasteiger partial charge in [0.15, 0.2) is 11.1 Å². The highest BCUT2D eigenvalue weighted by molar-refractivity contribution is 7.15. The molecule has 1 N–H and O–H groups in total. The molecule has 2 aromatic rings. The number of amides is 1. The number of carbonyl (C=O) groups is 1. The molecule has 5 nitrogen and oxygen atoms in total. The molecule has 1 aliphatic rings. The number of nitrogens with zero attached hydrogens (tertiary/aromatic N) is 2. The number of nitrogens with one attached hydrogen (secondary N) is 1. The smallest absolute Gasteiger partial charge is 0.260 e. The minimum atomic E-state index is 0.0700. The number of anilines is 1. The van der Waals surface area contributed by atoms with Gasteiger partial charge in [-0.05, 0) is 49.9 Å². The van der Waals surface area contributed by atoms with E-state index in [1.165, 1.54) is 11.3 Å². The average Bonchev–Trinajstić information content (AvgIpc) is 3.23. The van der Waals surface area contributed by atoms with Gasteiger partial charge in [-0.1, -0.05) is 11.6 Å². The number of halogens is 1. The first-order chi connectivity index (χ1) is 12.0. The van der Waals surface area contributed by atoms with Crippen LogP contribution in [-0.2, 0) is 11.3 Å². The van der Waals surface area contributed by atoms with Crippen LogP contribution < -0.4 is 10.1 Å². The summed E-state index contributed by atoms with van der Waals surface area (Å²) < 4.78 is 6.37. The van der Waals surface area contributed by atoms with Crippen LogP contribution in [-0.4, -0.2) is 35.5 Å². The summed E-state index contributed by atoms with van der Waals surface area (Å²) >= 11 is 7.32. The van der Waals surface area contributed by atoms with Gasteiger partial charge in [0.25, 0.3) is 5.91 Å². The number of ether oxygens (including phenoxy) is 1. The molecule has 1 saturated heterocycles. The molecule has 1 aliphatic heterocycles. The van der Waals surface area contributed by atoms with Gasteiger partial charge in [-0.3, -0.25) is 4.79 Å². The van der Waals surface area contributed by atoms with Crippen LogP contribution in [0.3, 0.4) is 0 Å². The van der Waals surface area contributed by atoms with Crippen molar-refractivity contribution in [1.29, 1.82) is 0 Å². The SMILES string of the molecule is Cc1cc(NCc2cnc(Cl)s2)cc(C)c1OCC(=O)N1CCCC1. The van der Waals surface area contributed by atoms with Crippen LogP contribution in [0.25, 0.3) is 0 Å². The lowest BCUT2D eigenvalue weighted by Gasteiger charge is -2.18. The predicted octanol–water partition coefficient (Wildman–Crippen LogP) is 4.03. The quantitative estimate of drug-likeness (QED) is 0.823. The molecule has 1 aromatic carbocycles. The van der Waals surface area contributed by atoms with E-state index in [2.05, 4.69) is 10.3 Å². The molecule has 0 bridgehead atoms. The molecule has 134 valence electrons. The van der Waals surface area contributed by atoms with Crippen LogP contribution in [0.5, 0.6) is 5.75 Å². The Balaban J connectivity index is 1.60. The lowest BCUT2D eigenvalue weighted by molar-refractivity contribution is -0.132. The first kappa shape index (κ1) is 18.0. The van der Waals surface area contributed by atoms with Crippen molar-refractivity contribution < 1.29 is 9.53 Å². The fourth-order valence-corrected chi connectivity index (χ4v) is 3.94. The molecule has 2 heterocycles. The van der Waals surface area contributed by atoms with Gasteiger partial charge in [-0.25, -0.2) is 4.98 Å². The number of aromatic nitrogens is 1. The number of benzene rings is 1. The summed E-state index contributed by atoms with van der Waals surface area (Å²) in [4.78, 5) is 19.1. The van der Waals surface area contributed by atoms with Crippen molar-refractivity contribution in [3.05, 3.63) is 38.8 Å². The third-order valence-electron chi connectivity index (χ3n) is 4.25. The fraction of sp³-hybridized carbons (Fsp3) is 0.444. The van der Waals surface area contributed by atoms with Gasteiger partial charge in [0.1, 0.15) is 5.75 Å². The summed E-state index contributed by atoms with van der Waals surface area (Å²) in [6.45, 7) is 6.48. The van der Waals surface area contributed by atoms with Crippen LogP contribution in [0, 0.1) is 13.8 Å². The van der Waals surface area contributed by atoms with E-state index in [1.54, 1.807) is 6.20 Å². The second-order valence-corrected chi connectivity index (χ2v) is 7.95. The van der Waals surface area contributed by atoms with E-state index in [-0.39, 0.29) is 12.5 Å².